The Morgan fingerprint density at radius 3 is 2.85 bits per heavy atom. The van der Waals surface area contributed by atoms with Crippen LogP contribution in [0.2, 0.25) is 0 Å². The molecule has 6 heteroatoms. The SMILES string of the molecule is C[C@@H](CO)Cc1ncc2c(n1)CN(C(=O)N[C@H](C)C1CCCCC1)CC2. The van der Waals surface area contributed by atoms with Crippen molar-refractivity contribution in [2.75, 3.05) is 13.2 Å². The number of carbonyl (C=O) groups excluding carboxylic acids is 1. The molecular formula is C20H32N4O2. The van der Waals surface area contributed by atoms with E-state index in [1.807, 2.05) is 18.0 Å². The molecule has 1 fully saturated rings. The van der Waals surface area contributed by atoms with Crippen LogP contribution in [0.3, 0.4) is 0 Å². The molecule has 1 aliphatic carbocycles. The summed E-state index contributed by atoms with van der Waals surface area (Å²) in [5.41, 5.74) is 2.08. The van der Waals surface area contributed by atoms with Gasteiger partial charge < -0.3 is 15.3 Å². The number of nitrogens with one attached hydrogen (secondary N) is 1. The average molecular weight is 361 g/mol. The molecular weight excluding hydrogens is 328 g/mol. The maximum absolute atomic E-state index is 12.7. The standard InChI is InChI=1S/C20H32N4O2/c1-14(13-25)10-19-21-11-17-8-9-24(12-18(17)23-19)20(26)22-15(2)16-6-4-3-5-7-16/h11,14-16,25H,3-10,12-13H2,1-2H3,(H,22,26)/t14-,15-/m1/s1. The number of amides is 2. The van der Waals surface area contributed by atoms with Crippen LogP contribution < -0.4 is 5.32 Å². The number of fused-ring (bicyclic) bond motifs is 1. The molecule has 1 aromatic heterocycles. The fraction of sp³-hybridized carbons (Fsp3) is 0.750. The van der Waals surface area contributed by atoms with Gasteiger partial charge in [-0.15, -0.1) is 0 Å². The zero-order valence-corrected chi connectivity index (χ0v) is 16.1. The minimum absolute atomic E-state index is 0.0256. The number of carbonyl (C=O) groups is 1. The Morgan fingerprint density at radius 2 is 2.12 bits per heavy atom. The van der Waals surface area contributed by atoms with Gasteiger partial charge in [-0.25, -0.2) is 14.8 Å². The fourth-order valence-corrected chi connectivity index (χ4v) is 4.03. The Kier molecular flexibility index (Phi) is 6.46. The van der Waals surface area contributed by atoms with Gasteiger partial charge in [0, 0.05) is 31.8 Å². The number of aliphatic hydroxyl groups is 1. The second-order valence-corrected chi connectivity index (χ2v) is 8.06. The molecule has 1 aromatic rings. The van der Waals surface area contributed by atoms with Crippen molar-refractivity contribution in [3.8, 4) is 0 Å². The van der Waals surface area contributed by atoms with E-state index < -0.39 is 0 Å². The van der Waals surface area contributed by atoms with Gasteiger partial charge in [0.25, 0.3) is 0 Å². The van der Waals surface area contributed by atoms with E-state index in [-0.39, 0.29) is 24.6 Å². The Balaban J connectivity index is 1.59. The molecule has 0 unspecified atom stereocenters. The van der Waals surface area contributed by atoms with Crippen molar-refractivity contribution in [3.63, 3.8) is 0 Å². The van der Waals surface area contributed by atoms with Gasteiger partial charge in [0.1, 0.15) is 5.82 Å². The van der Waals surface area contributed by atoms with Gasteiger partial charge >= 0.3 is 6.03 Å². The maximum Gasteiger partial charge on any atom is 0.317 e. The lowest BCUT2D eigenvalue weighted by molar-refractivity contribution is 0.179. The van der Waals surface area contributed by atoms with Gasteiger partial charge in [0.05, 0.1) is 12.2 Å². The maximum atomic E-state index is 12.7. The highest BCUT2D eigenvalue weighted by molar-refractivity contribution is 5.74. The van der Waals surface area contributed by atoms with Crippen molar-refractivity contribution in [1.82, 2.24) is 20.2 Å². The second kappa shape index (κ2) is 8.80. The van der Waals surface area contributed by atoms with Crippen LogP contribution in [-0.2, 0) is 19.4 Å². The molecule has 0 radical (unpaired) electrons. The molecule has 2 amide bonds. The molecule has 0 aromatic carbocycles. The lowest BCUT2D eigenvalue weighted by atomic mass is 9.84. The lowest BCUT2D eigenvalue weighted by Gasteiger charge is -2.33. The molecule has 3 rings (SSSR count). The molecule has 0 bridgehead atoms. The monoisotopic (exact) mass is 360 g/mol. The fourth-order valence-electron chi connectivity index (χ4n) is 4.03. The zero-order chi connectivity index (χ0) is 18.5. The number of rotatable bonds is 5. The van der Waals surface area contributed by atoms with E-state index >= 15 is 0 Å². The van der Waals surface area contributed by atoms with Crippen molar-refractivity contribution < 1.29 is 9.90 Å². The summed E-state index contributed by atoms with van der Waals surface area (Å²) in [7, 11) is 0. The Labute approximate surface area is 156 Å². The minimum Gasteiger partial charge on any atom is -0.396 e. The summed E-state index contributed by atoms with van der Waals surface area (Å²) in [5.74, 6) is 1.51. The first-order chi connectivity index (χ1) is 12.6. The first-order valence-corrected chi connectivity index (χ1v) is 10.1. The van der Waals surface area contributed by atoms with E-state index in [1.165, 1.54) is 32.1 Å². The van der Waals surface area contributed by atoms with Crippen LogP contribution >= 0.6 is 0 Å². The van der Waals surface area contributed by atoms with Gasteiger partial charge in [-0.3, -0.25) is 0 Å². The van der Waals surface area contributed by atoms with Crippen molar-refractivity contribution in [1.29, 1.82) is 0 Å². The molecule has 1 saturated carbocycles. The van der Waals surface area contributed by atoms with Crippen molar-refractivity contribution in [2.45, 2.75) is 71.4 Å². The molecule has 26 heavy (non-hydrogen) atoms. The number of hydrogen-bond donors (Lipinski definition) is 2. The van der Waals surface area contributed by atoms with Gasteiger partial charge in [-0.05, 0) is 43.6 Å². The summed E-state index contributed by atoms with van der Waals surface area (Å²) >= 11 is 0. The van der Waals surface area contributed by atoms with Gasteiger partial charge in [-0.1, -0.05) is 26.2 Å². The largest absolute Gasteiger partial charge is 0.396 e. The summed E-state index contributed by atoms with van der Waals surface area (Å²) in [6, 6.07) is 0.258. The normalized spacial score (nSPS) is 20.3. The summed E-state index contributed by atoms with van der Waals surface area (Å²) in [6.07, 6.45) is 9.71. The molecule has 6 nitrogen and oxygen atoms in total. The number of aliphatic hydroxyl groups excluding tert-OH is 1. The van der Waals surface area contributed by atoms with E-state index in [2.05, 4.69) is 22.2 Å². The quantitative estimate of drug-likeness (QED) is 0.846. The Morgan fingerprint density at radius 1 is 1.35 bits per heavy atom. The van der Waals surface area contributed by atoms with E-state index in [1.54, 1.807) is 0 Å². The Bertz CT molecular complexity index is 616. The number of aromatic nitrogens is 2. The van der Waals surface area contributed by atoms with Crippen molar-refractivity contribution in [3.05, 3.63) is 23.3 Å². The molecule has 0 spiro atoms. The van der Waals surface area contributed by atoms with Crippen LogP contribution in [0.15, 0.2) is 6.20 Å². The predicted molar refractivity (Wildman–Crippen MR) is 101 cm³/mol. The smallest absolute Gasteiger partial charge is 0.317 e. The molecule has 1 aliphatic heterocycles. The van der Waals surface area contributed by atoms with E-state index in [4.69, 9.17) is 0 Å². The highest BCUT2D eigenvalue weighted by Gasteiger charge is 2.26. The summed E-state index contributed by atoms with van der Waals surface area (Å²) in [5, 5.41) is 12.4. The van der Waals surface area contributed by atoms with Gasteiger partial charge in [0.15, 0.2) is 0 Å². The summed E-state index contributed by atoms with van der Waals surface area (Å²) < 4.78 is 0. The lowest BCUT2D eigenvalue weighted by Crippen LogP contribution is -2.48. The molecule has 2 heterocycles. The van der Waals surface area contributed by atoms with Crippen LogP contribution in [0.25, 0.3) is 0 Å². The first-order valence-electron chi connectivity index (χ1n) is 10.1. The van der Waals surface area contributed by atoms with Crippen LogP contribution in [0.5, 0.6) is 0 Å². The highest BCUT2D eigenvalue weighted by atomic mass is 16.3. The highest BCUT2D eigenvalue weighted by Crippen LogP contribution is 2.26. The predicted octanol–water partition coefficient (Wildman–Crippen LogP) is 2.68. The van der Waals surface area contributed by atoms with Gasteiger partial charge in [-0.2, -0.15) is 0 Å². The van der Waals surface area contributed by atoms with E-state index in [0.29, 0.717) is 25.4 Å². The third kappa shape index (κ3) is 4.72. The molecule has 2 aliphatic rings. The van der Waals surface area contributed by atoms with Gasteiger partial charge in [0.2, 0.25) is 0 Å². The molecule has 0 saturated heterocycles. The van der Waals surface area contributed by atoms with Crippen LogP contribution in [0.1, 0.15) is 63.0 Å². The van der Waals surface area contributed by atoms with E-state index in [9.17, 15) is 9.90 Å². The zero-order valence-electron chi connectivity index (χ0n) is 16.1. The topological polar surface area (TPSA) is 78.4 Å². The number of urea groups is 1. The Hall–Kier alpha value is -1.69. The summed E-state index contributed by atoms with van der Waals surface area (Å²) in [4.78, 5) is 23.7. The molecule has 144 valence electrons. The molecule has 2 N–H and O–H groups in total. The first kappa shape index (κ1) is 19.1. The minimum atomic E-state index is 0.0256. The van der Waals surface area contributed by atoms with Crippen LogP contribution in [0, 0.1) is 11.8 Å². The van der Waals surface area contributed by atoms with Crippen molar-refractivity contribution in [2.24, 2.45) is 11.8 Å². The average Bonchev–Trinajstić information content (AvgIpc) is 2.67. The molecule has 2 atom stereocenters. The third-order valence-electron chi connectivity index (χ3n) is 5.83. The van der Waals surface area contributed by atoms with Crippen LogP contribution in [-0.4, -0.2) is 45.2 Å². The summed E-state index contributed by atoms with van der Waals surface area (Å²) in [6.45, 7) is 5.51. The van der Waals surface area contributed by atoms with E-state index in [0.717, 1.165) is 23.5 Å². The van der Waals surface area contributed by atoms with Crippen LogP contribution in [0.4, 0.5) is 4.79 Å². The number of hydrogen-bond acceptors (Lipinski definition) is 4. The third-order valence-corrected chi connectivity index (χ3v) is 5.83. The number of nitrogens with zero attached hydrogens (tertiary/aromatic N) is 3. The second-order valence-electron chi connectivity index (χ2n) is 8.06. The van der Waals surface area contributed by atoms with Crippen molar-refractivity contribution >= 4 is 6.03 Å².